The van der Waals surface area contributed by atoms with E-state index in [4.69, 9.17) is 31.5 Å². The number of anilines is 2. The molecule has 1 unspecified atom stereocenters. The summed E-state index contributed by atoms with van der Waals surface area (Å²) in [6.07, 6.45) is 3.53. The molecular formula is C29H33ClN6O4. The van der Waals surface area contributed by atoms with Gasteiger partial charge in [-0.1, -0.05) is 23.7 Å². The first-order valence-corrected chi connectivity index (χ1v) is 13.4. The minimum Gasteiger partial charge on any atom is -0.497 e. The number of rotatable bonds is 11. The van der Waals surface area contributed by atoms with Crippen molar-refractivity contribution in [3.63, 3.8) is 0 Å². The molecule has 2 aromatic heterocycles. The first kappa shape index (κ1) is 27.5. The number of pyridine rings is 1. The number of hydrogen-bond acceptors (Lipinski definition) is 8. The van der Waals surface area contributed by atoms with Gasteiger partial charge in [0, 0.05) is 43.5 Å². The van der Waals surface area contributed by atoms with E-state index in [2.05, 4.69) is 15.3 Å². The van der Waals surface area contributed by atoms with Gasteiger partial charge in [0.15, 0.2) is 5.65 Å². The van der Waals surface area contributed by atoms with Crippen molar-refractivity contribution in [1.82, 2.24) is 19.9 Å². The van der Waals surface area contributed by atoms with E-state index in [1.165, 1.54) is 10.9 Å². The Morgan fingerprint density at radius 1 is 1.20 bits per heavy atom. The number of amides is 1. The van der Waals surface area contributed by atoms with Crippen LogP contribution >= 0.6 is 11.6 Å². The van der Waals surface area contributed by atoms with Crippen molar-refractivity contribution in [3.05, 3.63) is 71.1 Å². The summed E-state index contributed by atoms with van der Waals surface area (Å²) in [5.74, 6) is 1.83. The van der Waals surface area contributed by atoms with Crippen molar-refractivity contribution >= 4 is 40.2 Å². The third-order valence-electron chi connectivity index (χ3n) is 7.00. The number of methoxy groups -OCH3 is 2. The van der Waals surface area contributed by atoms with Gasteiger partial charge in [-0.05, 0) is 48.6 Å². The van der Waals surface area contributed by atoms with Gasteiger partial charge < -0.3 is 30.2 Å². The number of nitrogens with one attached hydrogen (secondary N) is 1. The summed E-state index contributed by atoms with van der Waals surface area (Å²) in [4.78, 5) is 24.2. The van der Waals surface area contributed by atoms with Crippen LogP contribution in [0.15, 0.2) is 54.9 Å². The van der Waals surface area contributed by atoms with Crippen molar-refractivity contribution < 1.29 is 19.0 Å². The maximum absolute atomic E-state index is 13.2. The van der Waals surface area contributed by atoms with E-state index in [1.54, 1.807) is 20.3 Å². The highest BCUT2D eigenvalue weighted by molar-refractivity contribution is 6.30. The SMILES string of the molecule is COc1ccc(CN(C)c2cc(Cl)nc3c2ncn3C(=O)NCC(OCc2cccc(N)c2)C2CC2)c(OC)c1. The van der Waals surface area contributed by atoms with E-state index in [9.17, 15) is 4.79 Å². The van der Waals surface area contributed by atoms with Gasteiger partial charge in [-0.15, -0.1) is 0 Å². The lowest BCUT2D eigenvalue weighted by molar-refractivity contribution is 0.0280. The zero-order valence-electron chi connectivity index (χ0n) is 22.8. The van der Waals surface area contributed by atoms with Crippen LogP contribution in [-0.2, 0) is 17.9 Å². The second kappa shape index (κ2) is 12.0. The fourth-order valence-corrected chi connectivity index (χ4v) is 4.88. The number of nitrogens with zero attached hydrogens (tertiary/aromatic N) is 4. The molecule has 0 bridgehead atoms. The number of carbonyl (C=O) groups is 1. The molecule has 0 radical (unpaired) electrons. The Balaban J connectivity index is 1.30. The van der Waals surface area contributed by atoms with E-state index in [0.717, 1.165) is 29.7 Å². The van der Waals surface area contributed by atoms with Crippen molar-refractivity contribution in [1.29, 1.82) is 0 Å². The van der Waals surface area contributed by atoms with Gasteiger partial charge in [0.1, 0.15) is 28.5 Å². The average Bonchev–Trinajstić information content (AvgIpc) is 3.71. The van der Waals surface area contributed by atoms with Gasteiger partial charge in [0.2, 0.25) is 0 Å². The van der Waals surface area contributed by atoms with Crippen molar-refractivity contribution in [3.8, 4) is 11.5 Å². The second-order valence-corrected chi connectivity index (χ2v) is 10.3. The number of nitrogens with two attached hydrogens (primary N) is 1. The lowest BCUT2D eigenvalue weighted by Crippen LogP contribution is -2.37. The Morgan fingerprint density at radius 2 is 2.02 bits per heavy atom. The topological polar surface area (TPSA) is 117 Å². The van der Waals surface area contributed by atoms with E-state index >= 15 is 0 Å². The molecule has 210 valence electrons. The molecule has 0 spiro atoms. The number of imidazole rings is 1. The fourth-order valence-electron chi connectivity index (χ4n) is 4.70. The van der Waals surface area contributed by atoms with Crippen LogP contribution in [0, 0.1) is 5.92 Å². The van der Waals surface area contributed by atoms with Crippen LogP contribution in [0.2, 0.25) is 5.15 Å². The summed E-state index contributed by atoms with van der Waals surface area (Å²) in [5.41, 5.74) is 10.2. The molecule has 1 atom stereocenters. The molecule has 4 aromatic rings. The number of hydrogen-bond donors (Lipinski definition) is 2. The zero-order valence-corrected chi connectivity index (χ0v) is 23.5. The van der Waals surface area contributed by atoms with Gasteiger partial charge in [0.05, 0.1) is 32.6 Å². The standard InChI is InChI=1S/C29H33ClN6O4/c1-35(15-20-9-10-22(38-2)12-24(20)39-3)23-13-26(30)34-28-27(23)33-17-36(28)29(37)32-14-25(19-7-8-19)40-16-18-5-4-6-21(31)11-18/h4-6,9-13,17,19,25H,7-8,14-16,31H2,1-3H3,(H,32,37). The lowest BCUT2D eigenvalue weighted by atomic mass is 10.1. The number of aromatic nitrogens is 3. The molecular weight excluding hydrogens is 532 g/mol. The Labute approximate surface area is 238 Å². The number of halogens is 1. The highest BCUT2D eigenvalue weighted by Crippen LogP contribution is 2.35. The summed E-state index contributed by atoms with van der Waals surface area (Å²) in [5, 5.41) is 3.25. The van der Waals surface area contributed by atoms with Crippen LogP contribution < -0.4 is 25.4 Å². The maximum atomic E-state index is 13.2. The molecule has 0 saturated heterocycles. The van der Waals surface area contributed by atoms with Gasteiger partial charge in [-0.25, -0.2) is 19.3 Å². The summed E-state index contributed by atoms with van der Waals surface area (Å²) >= 11 is 6.41. The molecule has 1 fully saturated rings. The number of nitrogen functional groups attached to an aromatic ring is 1. The highest BCUT2D eigenvalue weighted by Gasteiger charge is 2.32. The van der Waals surface area contributed by atoms with E-state index in [0.29, 0.717) is 54.0 Å². The lowest BCUT2D eigenvalue weighted by Gasteiger charge is -2.21. The Bertz CT molecular complexity index is 1510. The van der Waals surface area contributed by atoms with Crippen molar-refractivity contribution in [2.45, 2.75) is 32.1 Å². The smallest absolute Gasteiger partial charge is 0.328 e. The average molecular weight is 565 g/mol. The van der Waals surface area contributed by atoms with Crippen LogP contribution in [0.4, 0.5) is 16.2 Å². The first-order valence-electron chi connectivity index (χ1n) is 13.1. The molecule has 40 heavy (non-hydrogen) atoms. The number of benzene rings is 2. The Kier molecular flexibility index (Phi) is 8.27. The predicted octanol–water partition coefficient (Wildman–Crippen LogP) is 4.87. The molecule has 1 aliphatic rings. The minimum atomic E-state index is -0.346. The van der Waals surface area contributed by atoms with Crippen molar-refractivity contribution in [2.24, 2.45) is 5.92 Å². The molecule has 1 saturated carbocycles. The van der Waals surface area contributed by atoms with Crippen LogP contribution in [0.5, 0.6) is 11.5 Å². The normalized spacial score (nSPS) is 13.7. The van der Waals surface area contributed by atoms with E-state index in [-0.39, 0.29) is 17.3 Å². The Morgan fingerprint density at radius 3 is 2.75 bits per heavy atom. The molecule has 0 aliphatic heterocycles. The molecule has 2 heterocycles. The molecule has 10 nitrogen and oxygen atoms in total. The molecule has 3 N–H and O–H groups in total. The summed E-state index contributed by atoms with van der Waals surface area (Å²) in [7, 11) is 5.16. The Hall–Kier alpha value is -4.02. The first-order chi connectivity index (χ1) is 19.4. The van der Waals surface area contributed by atoms with E-state index in [1.807, 2.05) is 54.4 Å². The fraction of sp³-hybridized carbons (Fsp3) is 0.345. The molecule has 1 amide bonds. The maximum Gasteiger partial charge on any atom is 0.328 e. The van der Waals surface area contributed by atoms with Crippen LogP contribution in [-0.4, -0.2) is 54.5 Å². The number of ether oxygens (including phenoxy) is 3. The molecule has 11 heteroatoms. The van der Waals surface area contributed by atoms with Gasteiger partial charge in [0.25, 0.3) is 0 Å². The van der Waals surface area contributed by atoms with Gasteiger partial charge in [-0.3, -0.25) is 0 Å². The van der Waals surface area contributed by atoms with Crippen LogP contribution in [0.3, 0.4) is 0 Å². The monoisotopic (exact) mass is 564 g/mol. The van der Waals surface area contributed by atoms with Gasteiger partial charge >= 0.3 is 6.03 Å². The number of carbonyl (C=O) groups excluding carboxylic acids is 1. The van der Waals surface area contributed by atoms with Crippen LogP contribution in [0.1, 0.15) is 24.0 Å². The third-order valence-corrected chi connectivity index (χ3v) is 7.20. The minimum absolute atomic E-state index is 0.0992. The zero-order chi connectivity index (χ0) is 28.2. The highest BCUT2D eigenvalue weighted by atomic mass is 35.5. The summed E-state index contributed by atoms with van der Waals surface area (Å²) in [6, 6.07) is 14.7. The summed E-state index contributed by atoms with van der Waals surface area (Å²) in [6.45, 7) is 1.31. The largest absolute Gasteiger partial charge is 0.497 e. The second-order valence-electron chi connectivity index (χ2n) is 9.90. The van der Waals surface area contributed by atoms with Crippen LogP contribution in [0.25, 0.3) is 11.2 Å². The predicted molar refractivity (Wildman–Crippen MR) is 155 cm³/mol. The van der Waals surface area contributed by atoms with E-state index < -0.39 is 0 Å². The molecule has 5 rings (SSSR count). The summed E-state index contributed by atoms with van der Waals surface area (Å²) < 4.78 is 18.4. The van der Waals surface area contributed by atoms with Gasteiger partial charge in [-0.2, -0.15) is 0 Å². The third kappa shape index (κ3) is 6.24. The molecule has 2 aromatic carbocycles. The quantitative estimate of drug-likeness (QED) is 0.196. The molecule has 1 aliphatic carbocycles. The van der Waals surface area contributed by atoms with Crippen molar-refractivity contribution in [2.75, 3.05) is 38.4 Å². The number of fused-ring (bicyclic) bond motifs is 1.